The van der Waals surface area contributed by atoms with Crippen molar-refractivity contribution in [1.82, 2.24) is 5.32 Å². The largest absolute Gasteiger partial charge is 0.349 e. The fourth-order valence-electron chi connectivity index (χ4n) is 1.60. The summed E-state index contributed by atoms with van der Waals surface area (Å²) in [7, 11) is 0. The number of carbonyl (C=O) groups excluding carboxylic acids is 1. The molecule has 0 aliphatic carbocycles. The van der Waals surface area contributed by atoms with Gasteiger partial charge in [-0.2, -0.15) is 0 Å². The Morgan fingerprint density at radius 2 is 1.94 bits per heavy atom. The van der Waals surface area contributed by atoms with Gasteiger partial charge in [0.15, 0.2) is 0 Å². The first-order valence-corrected chi connectivity index (χ1v) is 7.18. The molecule has 1 N–H and O–H groups in total. The Hall–Kier alpha value is -1.06. The lowest BCUT2D eigenvalue weighted by molar-refractivity contribution is 0.0935. The zero-order valence-electron chi connectivity index (χ0n) is 10.7. The molecule has 0 aliphatic heterocycles. The summed E-state index contributed by atoms with van der Waals surface area (Å²) in [5.41, 5.74) is 0. The molecule has 0 fully saturated rings. The normalized spacial score (nSPS) is 12.9. The Bertz CT molecular complexity index is 576. The van der Waals surface area contributed by atoms with Crippen molar-refractivity contribution < 1.29 is 4.79 Å². The number of nitrogens with one attached hydrogen (secondary N) is 1. The van der Waals surface area contributed by atoms with Gasteiger partial charge in [-0.15, -0.1) is 11.3 Å². The maximum Gasteiger partial charge on any atom is 0.263 e. The second kappa shape index (κ2) is 5.29. The van der Waals surface area contributed by atoms with Gasteiger partial charge in [-0.3, -0.25) is 4.79 Å². The van der Waals surface area contributed by atoms with Gasteiger partial charge in [0.2, 0.25) is 0 Å². The summed E-state index contributed by atoms with van der Waals surface area (Å²) >= 11 is 7.71. The third-order valence-corrected chi connectivity index (χ3v) is 4.77. The molecule has 0 aliphatic rings. The van der Waals surface area contributed by atoms with Crippen molar-refractivity contribution in [2.45, 2.75) is 26.8 Å². The minimum absolute atomic E-state index is 0.0811. The molecule has 4 heteroatoms. The minimum atomic E-state index is -0.0811. The molecule has 2 nitrogen and oxygen atoms in total. The Balaban J connectivity index is 2.31. The fourth-order valence-corrected chi connectivity index (χ4v) is 3.02. The second-order valence-electron chi connectivity index (χ2n) is 4.75. The van der Waals surface area contributed by atoms with Crippen LogP contribution in [0.5, 0.6) is 0 Å². The smallest absolute Gasteiger partial charge is 0.263 e. The van der Waals surface area contributed by atoms with Crippen LogP contribution in [-0.2, 0) is 0 Å². The van der Waals surface area contributed by atoms with Crippen molar-refractivity contribution in [3.63, 3.8) is 0 Å². The molecule has 1 unspecified atom stereocenters. The van der Waals surface area contributed by atoms with Crippen LogP contribution in [0.3, 0.4) is 0 Å². The van der Waals surface area contributed by atoms with Gasteiger partial charge in [0.25, 0.3) is 5.91 Å². The monoisotopic (exact) mass is 281 g/mol. The van der Waals surface area contributed by atoms with Crippen LogP contribution in [-0.4, -0.2) is 11.9 Å². The van der Waals surface area contributed by atoms with E-state index in [1.54, 1.807) is 0 Å². The van der Waals surface area contributed by atoms with Crippen LogP contribution in [0.25, 0.3) is 10.1 Å². The summed E-state index contributed by atoms with van der Waals surface area (Å²) in [4.78, 5) is 12.8. The quantitative estimate of drug-likeness (QED) is 0.891. The Labute approximate surface area is 116 Å². The van der Waals surface area contributed by atoms with E-state index in [0.717, 1.165) is 10.1 Å². The number of benzene rings is 1. The summed E-state index contributed by atoms with van der Waals surface area (Å²) < 4.78 is 1.05. The average molecular weight is 282 g/mol. The van der Waals surface area contributed by atoms with Crippen LogP contribution in [0.15, 0.2) is 24.3 Å². The predicted octanol–water partition coefficient (Wildman–Crippen LogP) is 4.33. The van der Waals surface area contributed by atoms with Crippen LogP contribution >= 0.6 is 22.9 Å². The lowest BCUT2D eigenvalue weighted by Gasteiger charge is -2.16. The van der Waals surface area contributed by atoms with Crippen molar-refractivity contribution in [2.24, 2.45) is 5.92 Å². The van der Waals surface area contributed by atoms with Gasteiger partial charge in [-0.1, -0.05) is 43.6 Å². The number of rotatable bonds is 3. The highest BCUT2D eigenvalue weighted by atomic mass is 35.5. The molecule has 1 atom stereocenters. The Kier molecular flexibility index (Phi) is 3.93. The molecule has 2 aromatic rings. The van der Waals surface area contributed by atoms with Gasteiger partial charge in [0, 0.05) is 16.1 Å². The number of fused-ring (bicyclic) bond motifs is 1. The molecule has 1 amide bonds. The zero-order valence-corrected chi connectivity index (χ0v) is 12.2. The Morgan fingerprint density at radius 3 is 2.56 bits per heavy atom. The molecule has 1 aromatic carbocycles. The topological polar surface area (TPSA) is 29.1 Å². The number of amides is 1. The van der Waals surface area contributed by atoms with Crippen LogP contribution < -0.4 is 5.32 Å². The zero-order chi connectivity index (χ0) is 13.3. The first kappa shape index (κ1) is 13.4. The van der Waals surface area contributed by atoms with E-state index in [4.69, 9.17) is 11.6 Å². The van der Waals surface area contributed by atoms with E-state index in [2.05, 4.69) is 19.2 Å². The summed E-state index contributed by atoms with van der Waals surface area (Å²) in [5.74, 6) is 0.324. The fraction of sp³-hybridized carbons (Fsp3) is 0.357. The van der Waals surface area contributed by atoms with Crippen LogP contribution in [0.4, 0.5) is 0 Å². The van der Waals surface area contributed by atoms with E-state index in [1.807, 2.05) is 31.2 Å². The van der Waals surface area contributed by atoms with E-state index in [1.165, 1.54) is 11.3 Å². The first-order chi connectivity index (χ1) is 8.50. The van der Waals surface area contributed by atoms with Crippen molar-refractivity contribution in [3.8, 4) is 0 Å². The third kappa shape index (κ3) is 2.52. The highest BCUT2D eigenvalue weighted by molar-refractivity contribution is 7.21. The average Bonchev–Trinajstić information content (AvgIpc) is 2.67. The third-order valence-electron chi connectivity index (χ3n) is 3.10. The molecule has 0 saturated heterocycles. The summed E-state index contributed by atoms with van der Waals surface area (Å²) in [6.45, 7) is 6.17. The maximum atomic E-state index is 12.2. The number of carbonyl (C=O) groups is 1. The number of halogens is 1. The number of thiophene rings is 1. The van der Waals surface area contributed by atoms with E-state index in [0.29, 0.717) is 15.8 Å². The van der Waals surface area contributed by atoms with Gasteiger partial charge in [0.05, 0.1) is 5.02 Å². The van der Waals surface area contributed by atoms with E-state index in [9.17, 15) is 4.79 Å². The molecule has 0 spiro atoms. The van der Waals surface area contributed by atoms with E-state index in [-0.39, 0.29) is 11.9 Å². The standard InChI is InChI=1S/C14H16ClNOS/c1-8(2)9(3)16-14(17)13-12(15)10-6-4-5-7-11(10)18-13/h4-9H,1-3H3,(H,16,17). The lowest BCUT2D eigenvalue weighted by atomic mass is 10.1. The maximum absolute atomic E-state index is 12.2. The van der Waals surface area contributed by atoms with Crippen molar-refractivity contribution in [3.05, 3.63) is 34.2 Å². The highest BCUT2D eigenvalue weighted by Gasteiger charge is 2.19. The van der Waals surface area contributed by atoms with Gasteiger partial charge >= 0.3 is 0 Å². The predicted molar refractivity (Wildman–Crippen MR) is 78.6 cm³/mol. The van der Waals surface area contributed by atoms with E-state index >= 15 is 0 Å². The SMILES string of the molecule is CC(C)C(C)NC(=O)c1sc2ccccc2c1Cl. The van der Waals surface area contributed by atoms with Crippen LogP contribution in [0.2, 0.25) is 5.02 Å². The van der Waals surface area contributed by atoms with Gasteiger partial charge in [0.1, 0.15) is 4.88 Å². The molecule has 2 rings (SSSR count). The van der Waals surface area contributed by atoms with Crippen LogP contribution in [0, 0.1) is 5.92 Å². The molecular weight excluding hydrogens is 266 g/mol. The van der Waals surface area contributed by atoms with Gasteiger partial charge < -0.3 is 5.32 Å². The molecule has 1 aromatic heterocycles. The van der Waals surface area contributed by atoms with E-state index < -0.39 is 0 Å². The van der Waals surface area contributed by atoms with Gasteiger partial charge in [-0.05, 0) is 18.9 Å². The molecule has 0 radical (unpaired) electrons. The number of hydrogen-bond donors (Lipinski definition) is 1. The second-order valence-corrected chi connectivity index (χ2v) is 6.18. The first-order valence-electron chi connectivity index (χ1n) is 5.98. The molecule has 96 valence electrons. The molecule has 0 saturated carbocycles. The molecule has 18 heavy (non-hydrogen) atoms. The Morgan fingerprint density at radius 1 is 1.28 bits per heavy atom. The highest BCUT2D eigenvalue weighted by Crippen LogP contribution is 2.35. The molecule has 0 bridgehead atoms. The lowest BCUT2D eigenvalue weighted by Crippen LogP contribution is -2.35. The van der Waals surface area contributed by atoms with Crippen molar-refractivity contribution >= 4 is 38.9 Å². The number of hydrogen-bond acceptors (Lipinski definition) is 2. The van der Waals surface area contributed by atoms with Gasteiger partial charge in [-0.25, -0.2) is 0 Å². The minimum Gasteiger partial charge on any atom is -0.349 e. The molecule has 1 heterocycles. The summed E-state index contributed by atoms with van der Waals surface area (Å²) in [6.07, 6.45) is 0. The molecular formula is C14H16ClNOS. The van der Waals surface area contributed by atoms with Crippen LogP contribution in [0.1, 0.15) is 30.4 Å². The van der Waals surface area contributed by atoms with Crippen molar-refractivity contribution in [1.29, 1.82) is 0 Å². The summed E-state index contributed by atoms with van der Waals surface area (Å²) in [6, 6.07) is 7.94. The summed E-state index contributed by atoms with van der Waals surface area (Å²) in [5, 5.41) is 4.49. The van der Waals surface area contributed by atoms with Crippen molar-refractivity contribution in [2.75, 3.05) is 0 Å².